The van der Waals surface area contributed by atoms with Crippen molar-refractivity contribution < 1.29 is 0 Å². The first-order chi connectivity index (χ1) is 6.09. The van der Waals surface area contributed by atoms with Crippen LogP contribution in [0, 0.1) is 11.3 Å². The Hall–Kier alpha value is -0.0400. The lowest BCUT2D eigenvalue weighted by molar-refractivity contribution is 0.271. The monoisotopic (exact) mass is 181 g/mol. The highest BCUT2D eigenvalue weighted by Crippen LogP contribution is 2.45. The molecule has 2 aliphatic carbocycles. The Morgan fingerprint density at radius 3 is 2.31 bits per heavy atom. The molecule has 1 heteroatoms. The van der Waals surface area contributed by atoms with E-state index < -0.39 is 0 Å². The molecule has 0 heterocycles. The molecule has 0 amide bonds. The van der Waals surface area contributed by atoms with Gasteiger partial charge in [0.2, 0.25) is 0 Å². The van der Waals surface area contributed by atoms with Gasteiger partial charge in [0.1, 0.15) is 0 Å². The number of rotatable bonds is 2. The summed E-state index contributed by atoms with van der Waals surface area (Å²) in [5.74, 6) is 0.908. The SMILES string of the molecule is CC1CCCCC1NC1CC1(C)C. The molecular weight excluding hydrogens is 158 g/mol. The van der Waals surface area contributed by atoms with E-state index in [-0.39, 0.29) is 0 Å². The summed E-state index contributed by atoms with van der Waals surface area (Å²) in [5.41, 5.74) is 0.594. The van der Waals surface area contributed by atoms with Crippen molar-refractivity contribution in [2.75, 3.05) is 0 Å². The molecule has 0 aromatic heterocycles. The fraction of sp³-hybridized carbons (Fsp3) is 1.00. The first-order valence-corrected chi connectivity index (χ1v) is 5.86. The quantitative estimate of drug-likeness (QED) is 0.690. The zero-order valence-electron chi connectivity index (χ0n) is 9.27. The lowest BCUT2D eigenvalue weighted by atomic mass is 9.86. The number of hydrogen-bond donors (Lipinski definition) is 1. The minimum atomic E-state index is 0.594. The Kier molecular flexibility index (Phi) is 2.39. The third kappa shape index (κ3) is 2.07. The summed E-state index contributed by atoms with van der Waals surface area (Å²) in [6, 6.07) is 1.64. The Morgan fingerprint density at radius 1 is 1.15 bits per heavy atom. The molecule has 2 aliphatic rings. The van der Waals surface area contributed by atoms with Gasteiger partial charge in [-0.2, -0.15) is 0 Å². The van der Waals surface area contributed by atoms with Crippen molar-refractivity contribution in [2.45, 2.75) is 65.0 Å². The predicted molar refractivity (Wildman–Crippen MR) is 56.7 cm³/mol. The highest BCUT2D eigenvalue weighted by molar-refractivity contribution is 5.03. The molecular formula is C12H23N. The van der Waals surface area contributed by atoms with Gasteiger partial charge in [-0.25, -0.2) is 0 Å². The van der Waals surface area contributed by atoms with E-state index in [9.17, 15) is 0 Å². The van der Waals surface area contributed by atoms with Gasteiger partial charge in [0, 0.05) is 12.1 Å². The Bertz CT molecular complexity index is 186. The summed E-state index contributed by atoms with van der Waals surface area (Å²) < 4.78 is 0. The molecule has 13 heavy (non-hydrogen) atoms. The zero-order valence-corrected chi connectivity index (χ0v) is 9.27. The maximum Gasteiger partial charge on any atom is 0.0127 e. The standard InChI is InChI=1S/C12H23N/c1-9-6-4-5-7-10(9)13-11-8-12(11,2)3/h9-11,13H,4-8H2,1-3H3. The fourth-order valence-corrected chi connectivity index (χ4v) is 2.57. The van der Waals surface area contributed by atoms with Crippen LogP contribution >= 0.6 is 0 Å². The third-order valence-electron chi connectivity index (χ3n) is 4.04. The highest BCUT2D eigenvalue weighted by Gasteiger charge is 2.46. The van der Waals surface area contributed by atoms with Crippen LogP contribution in [-0.2, 0) is 0 Å². The van der Waals surface area contributed by atoms with E-state index in [4.69, 9.17) is 0 Å². The van der Waals surface area contributed by atoms with Gasteiger partial charge < -0.3 is 5.32 Å². The number of hydrogen-bond acceptors (Lipinski definition) is 1. The number of nitrogens with one attached hydrogen (secondary N) is 1. The molecule has 1 nitrogen and oxygen atoms in total. The fourth-order valence-electron chi connectivity index (χ4n) is 2.57. The lowest BCUT2D eigenvalue weighted by Gasteiger charge is -2.30. The van der Waals surface area contributed by atoms with Gasteiger partial charge in [0.15, 0.2) is 0 Å². The summed E-state index contributed by atoms with van der Waals surface area (Å²) in [5, 5.41) is 3.83. The van der Waals surface area contributed by atoms with E-state index in [2.05, 4.69) is 26.1 Å². The maximum atomic E-state index is 3.83. The van der Waals surface area contributed by atoms with Crippen LogP contribution in [0.1, 0.15) is 52.9 Å². The van der Waals surface area contributed by atoms with Crippen molar-refractivity contribution in [2.24, 2.45) is 11.3 Å². The van der Waals surface area contributed by atoms with Gasteiger partial charge >= 0.3 is 0 Å². The zero-order chi connectivity index (χ0) is 9.47. The molecule has 3 atom stereocenters. The molecule has 3 unspecified atom stereocenters. The van der Waals surface area contributed by atoms with Crippen LogP contribution in [-0.4, -0.2) is 12.1 Å². The van der Waals surface area contributed by atoms with Crippen LogP contribution in [0.2, 0.25) is 0 Å². The minimum Gasteiger partial charge on any atom is -0.310 e. The summed E-state index contributed by atoms with van der Waals surface area (Å²) in [7, 11) is 0. The molecule has 0 radical (unpaired) electrons. The Balaban J connectivity index is 1.81. The predicted octanol–water partition coefficient (Wildman–Crippen LogP) is 2.95. The van der Waals surface area contributed by atoms with Crippen molar-refractivity contribution in [1.29, 1.82) is 0 Å². The van der Waals surface area contributed by atoms with Crippen LogP contribution in [0.3, 0.4) is 0 Å². The van der Waals surface area contributed by atoms with Crippen LogP contribution in [0.15, 0.2) is 0 Å². The van der Waals surface area contributed by atoms with Crippen LogP contribution in [0.5, 0.6) is 0 Å². The van der Waals surface area contributed by atoms with E-state index in [1.165, 1.54) is 32.1 Å². The van der Waals surface area contributed by atoms with E-state index in [0.29, 0.717) is 5.41 Å². The molecule has 2 fully saturated rings. The van der Waals surface area contributed by atoms with Crippen molar-refractivity contribution in [1.82, 2.24) is 5.32 Å². The van der Waals surface area contributed by atoms with Crippen molar-refractivity contribution >= 4 is 0 Å². The summed E-state index contributed by atoms with van der Waals surface area (Å²) in [4.78, 5) is 0. The van der Waals surface area contributed by atoms with Crippen molar-refractivity contribution in [3.05, 3.63) is 0 Å². The first kappa shape index (κ1) is 9.51. The van der Waals surface area contributed by atoms with Crippen LogP contribution in [0.4, 0.5) is 0 Å². The summed E-state index contributed by atoms with van der Waals surface area (Å²) in [6.07, 6.45) is 7.12. The molecule has 76 valence electrons. The van der Waals surface area contributed by atoms with Gasteiger partial charge in [0.25, 0.3) is 0 Å². The smallest absolute Gasteiger partial charge is 0.0127 e. The second-order valence-electron chi connectivity index (χ2n) is 5.78. The third-order valence-corrected chi connectivity index (χ3v) is 4.04. The summed E-state index contributed by atoms with van der Waals surface area (Å²) >= 11 is 0. The minimum absolute atomic E-state index is 0.594. The van der Waals surface area contributed by atoms with Crippen molar-refractivity contribution in [3.63, 3.8) is 0 Å². The van der Waals surface area contributed by atoms with E-state index in [1.54, 1.807) is 0 Å². The molecule has 2 rings (SSSR count). The van der Waals surface area contributed by atoms with Crippen LogP contribution in [0.25, 0.3) is 0 Å². The first-order valence-electron chi connectivity index (χ1n) is 5.86. The normalized spacial score (nSPS) is 43.2. The molecule has 0 saturated heterocycles. The second-order valence-corrected chi connectivity index (χ2v) is 5.78. The molecule has 0 aromatic rings. The van der Waals surface area contributed by atoms with E-state index >= 15 is 0 Å². The summed E-state index contributed by atoms with van der Waals surface area (Å²) in [6.45, 7) is 7.16. The van der Waals surface area contributed by atoms with E-state index in [0.717, 1.165) is 18.0 Å². The van der Waals surface area contributed by atoms with E-state index in [1.807, 2.05) is 0 Å². The van der Waals surface area contributed by atoms with Crippen molar-refractivity contribution in [3.8, 4) is 0 Å². The van der Waals surface area contributed by atoms with Gasteiger partial charge in [-0.15, -0.1) is 0 Å². The molecule has 2 saturated carbocycles. The Morgan fingerprint density at radius 2 is 1.77 bits per heavy atom. The topological polar surface area (TPSA) is 12.0 Å². The Labute approximate surface area is 82.3 Å². The van der Waals surface area contributed by atoms with Gasteiger partial charge in [-0.1, -0.05) is 33.6 Å². The molecule has 0 bridgehead atoms. The van der Waals surface area contributed by atoms with Gasteiger partial charge in [-0.3, -0.25) is 0 Å². The molecule has 0 spiro atoms. The average molecular weight is 181 g/mol. The second kappa shape index (κ2) is 3.27. The molecule has 0 aromatic carbocycles. The van der Waals surface area contributed by atoms with Gasteiger partial charge in [-0.05, 0) is 30.6 Å². The largest absolute Gasteiger partial charge is 0.310 e. The average Bonchev–Trinajstić information content (AvgIpc) is 2.64. The maximum absolute atomic E-state index is 3.83. The van der Waals surface area contributed by atoms with Gasteiger partial charge in [0.05, 0.1) is 0 Å². The highest BCUT2D eigenvalue weighted by atomic mass is 15.0. The van der Waals surface area contributed by atoms with Crippen LogP contribution < -0.4 is 5.32 Å². The molecule has 0 aliphatic heterocycles. The lowest BCUT2D eigenvalue weighted by Crippen LogP contribution is -2.39. The molecule has 1 N–H and O–H groups in total.